The summed E-state index contributed by atoms with van der Waals surface area (Å²) in [6.07, 6.45) is 4.07. The second kappa shape index (κ2) is 6.20. The molecule has 0 aliphatic rings. The van der Waals surface area contributed by atoms with Crippen LogP contribution in [0, 0.1) is 0 Å². The first-order valence-corrected chi connectivity index (χ1v) is 8.56. The monoisotopic (exact) mass is 300 g/mol. The van der Waals surface area contributed by atoms with Crippen molar-refractivity contribution in [2.75, 3.05) is 12.8 Å². The van der Waals surface area contributed by atoms with Crippen molar-refractivity contribution in [3.05, 3.63) is 10.7 Å². The molecular formula is C8H13ClN2O2S3. The molecule has 8 heteroatoms. The number of rotatable bonds is 6. The fourth-order valence-electron chi connectivity index (χ4n) is 0.949. The number of halogens is 1. The number of hydrogen-bond donors (Lipinski definition) is 1. The van der Waals surface area contributed by atoms with Crippen LogP contribution in [0.3, 0.4) is 0 Å². The van der Waals surface area contributed by atoms with E-state index in [1.807, 2.05) is 6.26 Å². The normalized spacial score (nSPS) is 13.9. The van der Waals surface area contributed by atoms with Gasteiger partial charge in [-0.1, -0.05) is 29.9 Å². The largest absolute Gasteiger partial charge is 0.251 e. The Bertz CT molecular complexity index is 432. The van der Waals surface area contributed by atoms with Gasteiger partial charge in [0.2, 0.25) is 0 Å². The van der Waals surface area contributed by atoms with Gasteiger partial charge in [0.1, 0.15) is 0 Å². The van der Waals surface area contributed by atoms with Crippen LogP contribution in [0.5, 0.6) is 0 Å². The second-order valence-corrected chi connectivity index (χ2v) is 8.05. The zero-order valence-corrected chi connectivity index (χ0v) is 12.1. The first kappa shape index (κ1) is 14.2. The lowest BCUT2D eigenvalue weighted by Crippen LogP contribution is -2.25. The maximum atomic E-state index is 11.7. The summed E-state index contributed by atoms with van der Waals surface area (Å²) in [6, 6.07) is 0. The maximum Gasteiger partial charge on any atom is 0.251 e. The topological polar surface area (TPSA) is 59.1 Å². The second-order valence-electron chi connectivity index (χ2n) is 3.17. The van der Waals surface area contributed by atoms with Crippen LogP contribution >= 0.6 is 34.7 Å². The van der Waals surface area contributed by atoms with Crippen LogP contribution < -0.4 is 4.72 Å². The Labute approximate surface area is 109 Å². The molecule has 4 nitrogen and oxygen atoms in total. The lowest BCUT2D eigenvalue weighted by atomic mass is 10.3. The first-order chi connectivity index (χ1) is 7.45. The van der Waals surface area contributed by atoms with Gasteiger partial charge in [0, 0.05) is 11.8 Å². The van der Waals surface area contributed by atoms with Gasteiger partial charge in [0.25, 0.3) is 10.0 Å². The number of sulfonamides is 1. The van der Waals surface area contributed by atoms with Crippen LogP contribution in [0.1, 0.15) is 13.3 Å². The molecule has 16 heavy (non-hydrogen) atoms. The molecule has 92 valence electrons. The molecule has 1 atom stereocenters. The molecule has 1 unspecified atom stereocenters. The predicted molar refractivity (Wildman–Crippen MR) is 69.9 cm³/mol. The minimum Gasteiger partial charge on any atom is -0.232 e. The highest BCUT2D eigenvalue weighted by molar-refractivity contribution is 7.99. The molecule has 0 bridgehead atoms. The summed E-state index contributed by atoms with van der Waals surface area (Å²) in [6.45, 7) is 2.49. The van der Waals surface area contributed by atoms with Gasteiger partial charge in [-0.25, -0.2) is 18.1 Å². The molecule has 0 spiro atoms. The molecule has 0 amide bonds. The van der Waals surface area contributed by atoms with Gasteiger partial charge < -0.3 is 0 Å². The highest BCUT2D eigenvalue weighted by Gasteiger charge is 2.17. The molecule has 0 saturated heterocycles. The molecule has 1 rings (SSSR count). The van der Waals surface area contributed by atoms with Crippen molar-refractivity contribution in [2.24, 2.45) is 0 Å². The molecule has 1 aromatic rings. The third-order valence-electron chi connectivity index (χ3n) is 1.97. The van der Waals surface area contributed by atoms with Crippen LogP contribution in [-0.2, 0) is 10.0 Å². The molecule has 1 heterocycles. The highest BCUT2D eigenvalue weighted by atomic mass is 35.5. The molecule has 1 N–H and O–H groups in total. The third kappa shape index (κ3) is 4.21. The minimum absolute atomic E-state index is 0.161. The van der Waals surface area contributed by atoms with E-state index in [1.165, 1.54) is 6.20 Å². The molecular weight excluding hydrogens is 288 g/mol. The van der Waals surface area contributed by atoms with Gasteiger partial charge in [0.05, 0.1) is 6.20 Å². The van der Waals surface area contributed by atoms with Crippen LogP contribution in [0.4, 0.5) is 0 Å². The number of nitrogens with one attached hydrogen (secondary N) is 1. The van der Waals surface area contributed by atoms with Crippen molar-refractivity contribution >= 4 is 44.7 Å². The van der Waals surface area contributed by atoms with E-state index in [-0.39, 0.29) is 8.68 Å². The molecule has 0 aromatic carbocycles. The van der Waals surface area contributed by atoms with E-state index in [4.69, 9.17) is 11.6 Å². The van der Waals surface area contributed by atoms with E-state index in [0.717, 1.165) is 17.8 Å². The average Bonchev–Trinajstić information content (AvgIpc) is 2.65. The number of thioether (sulfide) groups is 1. The van der Waals surface area contributed by atoms with E-state index in [0.29, 0.717) is 11.8 Å². The van der Waals surface area contributed by atoms with Crippen molar-refractivity contribution in [2.45, 2.75) is 22.8 Å². The van der Waals surface area contributed by atoms with Crippen molar-refractivity contribution in [3.8, 4) is 0 Å². The summed E-state index contributed by atoms with van der Waals surface area (Å²) < 4.78 is 26.3. The maximum absolute atomic E-state index is 11.7. The smallest absolute Gasteiger partial charge is 0.232 e. The van der Waals surface area contributed by atoms with Gasteiger partial charge in [0.15, 0.2) is 8.68 Å². The Morgan fingerprint density at radius 3 is 2.88 bits per heavy atom. The van der Waals surface area contributed by atoms with Gasteiger partial charge >= 0.3 is 0 Å². The Kier molecular flexibility index (Phi) is 5.52. The minimum atomic E-state index is -3.43. The third-order valence-corrected chi connectivity index (χ3v) is 6.04. The fraction of sp³-hybridized carbons (Fsp3) is 0.625. The molecule has 0 fully saturated rings. The predicted octanol–water partition coefficient (Wildman–Crippen LogP) is 2.22. The van der Waals surface area contributed by atoms with E-state index >= 15 is 0 Å². The quantitative estimate of drug-likeness (QED) is 0.875. The number of hydrogen-bond acceptors (Lipinski definition) is 5. The van der Waals surface area contributed by atoms with Crippen molar-refractivity contribution in [3.63, 3.8) is 0 Å². The molecule has 0 saturated carbocycles. The van der Waals surface area contributed by atoms with Gasteiger partial charge in [-0.3, -0.25) is 0 Å². The summed E-state index contributed by atoms with van der Waals surface area (Å²) in [5, 5.41) is 0.438. The Morgan fingerprint density at radius 2 is 2.38 bits per heavy atom. The van der Waals surface area contributed by atoms with E-state index < -0.39 is 10.0 Å². The fourth-order valence-corrected chi connectivity index (χ4v) is 3.69. The Morgan fingerprint density at radius 1 is 1.69 bits per heavy atom. The Hall–Kier alpha value is 0.180. The van der Waals surface area contributed by atoms with Gasteiger partial charge in [-0.05, 0) is 12.7 Å². The summed E-state index contributed by atoms with van der Waals surface area (Å²) in [7, 11) is -3.43. The summed E-state index contributed by atoms with van der Waals surface area (Å²) >= 11 is 8.25. The number of aromatic nitrogens is 1. The van der Waals surface area contributed by atoms with Crippen LogP contribution in [-0.4, -0.2) is 31.5 Å². The molecule has 1 aromatic heterocycles. The average molecular weight is 301 g/mol. The Balaban J connectivity index is 2.53. The zero-order chi connectivity index (χ0) is 12.2. The molecule has 0 radical (unpaired) electrons. The van der Waals surface area contributed by atoms with Gasteiger partial charge in [-0.2, -0.15) is 11.8 Å². The van der Waals surface area contributed by atoms with Crippen molar-refractivity contribution < 1.29 is 8.42 Å². The van der Waals surface area contributed by atoms with E-state index in [9.17, 15) is 8.42 Å². The molecule has 0 aliphatic carbocycles. The number of thiazole rings is 1. The van der Waals surface area contributed by atoms with Gasteiger partial charge in [-0.15, -0.1) is 0 Å². The number of nitrogens with zero attached hydrogens (tertiary/aromatic N) is 1. The van der Waals surface area contributed by atoms with Crippen molar-refractivity contribution in [1.29, 1.82) is 0 Å². The highest BCUT2D eigenvalue weighted by Crippen LogP contribution is 2.22. The van der Waals surface area contributed by atoms with Crippen LogP contribution in [0.25, 0.3) is 0 Å². The van der Waals surface area contributed by atoms with E-state index in [2.05, 4.69) is 16.6 Å². The summed E-state index contributed by atoms with van der Waals surface area (Å²) in [5.74, 6) is 0. The summed E-state index contributed by atoms with van der Waals surface area (Å²) in [5.41, 5.74) is 0. The lowest BCUT2D eigenvalue weighted by molar-refractivity contribution is 0.581. The van der Waals surface area contributed by atoms with E-state index in [1.54, 1.807) is 11.8 Å². The van der Waals surface area contributed by atoms with Crippen LogP contribution in [0.15, 0.2) is 10.4 Å². The molecule has 0 aliphatic heterocycles. The zero-order valence-electron chi connectivity index (χ0n) is 8.94. The SMILES string of the molecule is CSC(C)CCNS(=O)(=O)c1cnc(Cl)s1. The van der Waals surface area contributed by atoms with Crippen LogP contribution in [0.2, 0.25) is 4.47 Å². The standard InChI is InChI=1S/C8H13ClN2O2S3/c1-6(14-2)3-4-11-16(12,13)7-5-10-8(9)15-7/h5-6,11H,3-4H2,1-2H3. The first-order valence-electron chi connectivity index (χ1n) is 4.59. The lowest BCUT2D eigenvalue weighted by Gasteiger charge is -2.08. The summed E-state index contributed by atoms with van der Waals surface area (Å²) in [4.78, 5) is 3.70. The van der Waals surface area contributed by atoms with Crippen molar-refractivity contribution in [1.82, 2.24) is 9.71 Å².